The molecule has 164 valence electrons. The Bertz CT molecular complexity index is 943. The van der Waals surface area contributed by atoms with Crippen molar-refractivity contribution < 1.29 is 21.6 Å². The second-order valence-electron chi connectivity index (χ2n) is 7.77. The zero-order valence-corrected chi connectivity index (χ0v) is 19.4. The molecule has 0 spiro atoms. The third-order valence-electron chi connectivity index (χ3n) is 5.36. The minimum atomic E-state index is -3.70. The first kappa shape index (κ1) is 23.8. The molecular weight excluding hydrogens is 414 g/mol. The zero-order valence-electron chi connectivity index (χ0n) is 17.7. The molecule has 1 aliphatic heterocycles. The Labute approximate surface area is 174 Å². The van der Waals surface area contributed by atoms with Crippen molar-refractivity contribution >= 4 is 26.0 Å². The van der Waals surface area contributed by atoms with Crippen molar-refractivity contribution in [3.8, 4) is 0 Å². The topological polar surface area (TPSA) is 104 Å². The second kappa shape index (κ2) is 9.11. The Kier molecular flexibility index (Phi) is 7.47. The predicted octanol–water partition coefficient (Wildman–Crippen LogP) is 1.16. The fourth-order valence-electron chi connectivity index (χ4n) is 3.86. The lowest BCUT2D eigenvalue weighted by Gasteiger charge is -2.35. The molecule has 8 nitrogen and oxygen atoms in total. The molecule has 0 radical (unpaired) electrons. The summed E-state index contributed by atoms with van der Waals surface area (Å²) in [5, 5.41) is 0. The maximum Gasteiger partial charge on any atom is 0.241 e. The summed E-state index contributed by atoms with van der Waals surface area (Å²) in [6.07, 6.45) is 2.38. The lowest BCUT2D eigenvalue weighted by atomic mass is 10.1. The average Bonchev–Trinajstić information content (AvgIpc) is 2.59. The van der Waals surface area contributed by atoms with Crippen molar-refractivity contribution in [3.05, 3.63) is 28.8 Å². The lowest BCUT2D eigenvalue weighted by molar-refractivity contribution is -0.132. The second-order valence-corrected chi connectivity index (χ2v) is 11.5. The van der Waals surface area contributed by atoms with Gasteiger partial charge in [-0.15, -0.1) is 0 Å². The van der Waals surface area contributed by atoms with E-state index in [9.17, 15) is 21.6 Å². The van der Waals surface area contributed by atoms with Crippen LogP contribution in [0.3, 0.4) is 0 Å². The highest BCUT2D eigenvalue weighted by Crippen LogP contribution is 2.22. The van der Waals surface area contributed by atoms with Gasteiger partial charge in [0.25, 0.3) is 0 Å². The zero-order chi connectivity index (χ0) is 22.0. The van der Waals surface area contributed by atoms with Crippen LogP contribution in [-0.4, -0.2) is 70.9 Å². The first-order chi connectivity index (χ1) is 13.3. The van der Waals surface area contributed by atoms with E-state index in [0.717, 1.165) is 5.56 Å². The van der Waals surface area contributed by atoms with Crippen LogP contribution in [0.4, 0.5) is 0 Å². The Morgan fingerprint density at radius 3 is 2.10 bits per heavy atom. The number of benzene rings is 1. The Hall–Kier alpha value is -1.49. The maximum atomic E-state index is 12.7. The molecule has 1 amide bonds. The van der Waals surface area contributed by atoms with E-state index in [0.29, 0.717) is 37.1 Å². The molecule has 1 fully saturated rings. The van der Waals surface area contributed by atoms with E-state index in [4.69, 9.17) is 0 Å². The van der Waals surface area contributed by atoms with Crippen LogP contribution in [0.25, 0.3) is 0 Å². The molecule has 0 aliphatic carbocycles. The Morgan fingerprint density at radius 1 is 1.10 bits per heavy atom. The van der Waals surface area contributed by atoms with Crippen LogP contribution in [0.2, 0.25) is 0 Å². The van der Waals surface area contributed by atoms with Crippen molar-refractivity contribution in [1.82, 2.24) is 13.9 Å². The Morgan fingerprint density at radius 2 is 1.62 bits per heavy atom. The number of amides is 1. The van der Waals surface area contributed by atoms with Crippen LogP contribution < -0.4 is 4.72 Å². The molecule has 1 aliphatic rings. The van der Waals surface area contributed by atoms with Gasteiger partial charge in [-0.1, -0.05) is 17.7 Å². The summed E-state index contributed by atoms with van der Waals surface area (Å²) in [5.74, 6) is -0.134. The molecule has 1 heterocycles. The van der Waals surface area contributed by atoms with E-state index >= 15 is 0 Å². The van der Waals surface area contributed by atoms with Crippen molar-refractivity contribution in [2.75, 3.05) is 32.9 Å². The Balaban J connectivity index is 1.89. The molecule has 10 heteroatoms. The first-order valence-corrected chi connectivity index (χ1v) is 12.9. The summed E-state index contributed by atoms with van der Waals surface area (Å²) in [7, 11) is -5.39. The summed E-state index contributed by atoms with van der Waals surface area (Å²) < 4.78 is 52.5. The number of rotatable bonds is 7. The summed E-state index contributed by atoms with van der Waals surface area (Å²) >= 11 is 0. The summed E-state index contributed by atoms with van der Waals surface area (Å²) in [4.78, 5) is 14.4. The number of sulfonamides is 2. The highest BCUT2D eigenvalue weighted by Gasteiger charge is 2.29. The maximum absolute atomic E-state index is 12.7. The van der Waals surface area contributed by atoms with Crippen LogP contribution in [0, 0.1) is 20.8 Å². The molecule has 29 heavy (non-hydrogen) atoms. The number of piperidine rings is 1. The van der Waals surface area contributed by atoms with Gasteiger partial charge >= 0.3 is 0 Å². The number of nitrogens with zero attached hydrogens (tertiary/aromatic N) is 2. The van der Waals surface area contributed by atoms with Gasteiger partial charge < -0.3 is 4.90 Å². The fraction of sp³-hybridized carbons (Fsp3) is 0.632. The molecule has 1 aromatic carbocycles. The molecule has 1 saturated heterocycles. The fourth-order valence-corrected chi connectivity index (χ4v) is 6.10. The quantitative estimate of drug-likeness (QED) is 0.678. The SMILES string of the molecule is Cc1cc(C)c(S(=O)(=O)NCCC(=O)N2CCC(N(C)S(C)(=O)=O)CC2)c(C)c1. The van der Waals surface area contributed by atoms with E-state index in [1.807, 2.05) is 19.1 Å². The van der Waals surface area contributed by atoms with Crippen molar-refractivity contribution in [1.29, 1.82) is 0 Å². The monoisotopic (exact) mass is 445 g/mol. The van der Waals surface area contributed by atoms with Crippen LogP contribution in [0.5, 0.6) is 0 Å². The van der Waals surface area contributed by atoms with E-state index < -0.39 is 20.0 Å². The number of carbonyl (C=O) groups is 1. The average molecular weight is 446 g/mol. The number of hydrogen-bond donors (Lipinski definition) is 1. The lowest BCUT2D eigenvalue weighted by Crippen LogP contribution is -2.47. The number of nitrogens with one attached hydrogen (secondary N) is 1. The molecule has 0 saturated carbocycles. The first-order valence-electron chi connectivity index (χ1n) is 9.61. The van der Waals surface area contributed by atoms with E-state index in [1.54, 1.807) is 25.8 Å². The minimum absolute atomic E-state index is 0.0249. The number of aryl methyl sites for hydroxylation is 3. The molecule has 0 bridgehead atoms. The molecule has 0 atom stereocenters. The minimum Gasteiger partial charge on any atom is -0.343 e. The summed E-state index contributed by atoms with van der Waals surface area (Å²) in [6, 6.07) is 3.54. The number of hydrogen-bond acceptors (Lipinski definition) is 5. The largest absolute Gasteiger partial charge is 0.343 e. The van der Waals surface area contributed by atoms with Crippen LogP contribution >= 0.6 is 0 Å². The third kappa shape index (κ3) is 6.00. The van der Waals surface area contributed by atoms with Crippen LogP contribution in [0.1, 0.15) is 36.0 Å². The molecule has 1 N–H and O–H groups in total. The van der Waals surface area contributed by atoms with E-state index in [-0.39, 0.29) is 29.8 Å². The molecule has 1 aromatic rings. The van der Waals surface area contributed by atoms with Crippen molar-refractivity contribution in [2.45, 2.75) is 51.0 Å². The van der Waals surface area contributed by atoms with Crippen LogP contribution in [-0.2, 0) is 24.8 Å². The highest BCUT2D eigenvalue weighted by molar-refractivity contribution is 7.89. The van der Waals surface area contributed by atoms with Gasteiger partial charge in [-0.25, -0.2) is 25.9 Å². The van der Waals surface area contributed by atoms with Gasteiger partial charge in [0.1, 0.15) is 0 Å². The number of carbonyl (C=O) groups excluding carboxylic acids is 1. The van der Waals surface area contributed by atoms with Crippen molar-refractivity contribution in [2.24, 2.45) is 0 Å². The molecule has 0 aromatic heterocycles. The molecular formula is C19H31N3O5S2. The van der Waals surface area contributed by atoms with Gasteiger partial charge in [0, 0.05) is 39.1 Å². The third-order valence-corrected chi connectivity index (χ3v) is 8.47. The van der Waals surface area contributed by atoms with Gasteiger partial charge in [0.2, 0.25) is 26.0 Å². The van der Waals surface area contributed by atoms with Gasteiger partial charge in [0.05, 0.1) is 11.2 Å². The van der Waals surface area contributed by atoms with E-state index in [2.05, 4.69) is 4.72 Å². The number of likely N-dealkylation sites (tertiary alicyclic amines) is 1. The highest BCUT2D eigenvalue weighted by atomic mass is 32.2. The van der Waals surface area contributed by atoms with Gasteiger partial charge in [0.15, 0.2) is 0 Å². The summed E-state index contributed by atoms with van der Waals surface area (Å²) in [5.41, 5.74) is 2.36. The standard InChI is InChI=1S/C19H31N3O5S2/c1-14-12-15(2)19(16(3)13-14)29(26,27)20-9-6-18(23)22-10-7-17(8-11-22)21(4)28(5,24)25/h12-13,17,20H,6-11H2,1-5H3. The van der Waals surface area contributed by atoms with Gasteiger partial charge in [-0.3, -0.25) is 4.79 Å². The smallest absolute Gasteiger partial charge is 0.241 e. The van der Waals surface area contributed by atoms with Gasteiger partial charge in [-0.05, 0) is 44.7 Å². The van der Waals surface area contributed by atoms with E-state index in [1.165, 1.54) is 10.6 Å². The van der Waals surface area contributed by atoms with Crippen molar-refractivity contribution in [3.63, 3.8) is 0 Å². The molecule has 2 rings (SSSR count). The molecule has 0 unspecified atom stereocenters. The van der Waals surface area contributed by atoms with Crippen LogP contribution in [0.15, 0.2) is 17.0 Å². The van der Waals surface area contributed by atoms with Gasteiger partial charge in [-0.2, -0.15) is 0 Å². The predicted molar refractivity (Wildman–Crippen MR) is 113 cm³/mol. The summed E-state index contributed by atoms with van der Waals surface area (Å²) in [6.45, 7) is 6.39. The normalized spacial score (nSPS) is 16.4.